The molecule has 1 atom stereocenters. The number of benzene rings is 1. The van der Waals surface area contributed by atoms with Crippen LogP contribution in [0.15, 0.2) is 23.1 Å². The topological polar surface area (TPSA) is 78.7 Å². The minimum atomic E-state index is -3.53. The Morgan fingerprint density at radius 2 is 2.05 bits per heavy atom. The molecule has 118 valence electrons. The number of likely N-dealkylation sites (N-methyl/N-ethyl adjacent to an activating group) is 2. The predicted molar refractivity (Wildman–Crippen MR) is 84.7 cm³/mol. The highest BCUT2D eigenvalue weighted by atomic mass is 32.2. The summed E-state index contributed by atoms with van der Waals surface area (Å²) in [5.41, 5.74) is 6.88. The number of hydrogen-bond acceptors (Lipinski definition) is 5. The van der Waals surface area contributed by atoms with Gasteiger partial charge >= 0.3 is 0 Å². The fourth-order valence-electron chi connectivity index (χ4n) is 2.53. The number of sulfonamides is 1. The van der Waals surface area contributed by atoms with Crippen LogP contribution in [0, 0.1) is 6.92 Å². The van der Waals surface area contributed by atoms with E-state index in [0.717, 1.165) is 19.6 Å². The van der Waals surface area contributed by atoms with Gasteiger partial charge in [-0.05, 0) is 38.7 Å². The van der Waals surface area contributed by atoms with Gasteiger partial charge in [0, 0.05) is 37.9 Å². The first-order valence-electron chi connectivity index (χ1n) is 7.05. The molecule has 0 spiro atoms. The number of nitrogen functional groups attached to an aromatic ring is 1. The normalized spacial score (nSPS) is 21.6. The average Bonchev–Trinajstić information content (AvgIpc) is 2.43. The van der Waals surface area contributed by atoms with Crippen molar-refractivity contribution in [3.05, 3.63) is 23.8 Å². The van der Waals surface area contributed by atoms with E-state index < -0.39 is 10.0 Å². The van der Waals surface area contributed by atoms with Gasteiger partial charge in [-0.3, -0.25) is 4.90 Å². The third kappa shape index (κ3) is 3.74. The van der Waals surface area contributed by atoms with Crippen LogP contribution < -0.4 is 10.5 Å². The van der Waals surface area contributed by atoms with Gasteiger partial charge in [-0.15, -0.1) is 0 Å². The van der Waals surface area contributed by atoms with Crippen LogP contribution in [-0.4, -0.2) is 64.5 Å². The Hall–Kier alpha value is -1.15. The fourth-order valence-corrected chi connectivity index (χ4v) is 3.87. The lowest BCUT2D eigenvalue weighted by atomic mass is 10.2. The van der Waals surface area contributed by atoms with Crippen LogP contribution in [0.1, 0.15) is 5.56 Å². The molecule has 1 fully saturated rings. The van der Waals surface area contributed by atoms with Crippen molar-refractivity contribution in [2.75, 3.05) is 46.0 Å². The van der Waals surface area contributed by atoms with Crippen molar-refractivity contribution in [3.8, 4) is 0 Å². The molecule has 0 saturated carbocycles. The molecule has 0 bridgehead atoms. The summed E-state index contributed by atoms with van der Waals surface area (Å²) >= 11 is 0. The minimum absolute atomic E-state index is 0.180. The van der Waals surface area contributed by atoms with Gasteiger partial charge in [0.05, 0.1) is 4.90 Å². The monoisotopic (exact) mass is 312 g/mol. The molecular formula is C14H24N4O2S. The second-order valence-electron chi connectivity index (χ2n) is 5.72. The molecule has 1 aromatic carbocycles. The molecule has 2 rings (SSSR count). The van der Waals surface area contributed by atoms with Crippen LogP contribution in [0.25, 0.3) is 0 Å². The van der Waals surface area contributed by atoms with Crippen molar-refractivity contribution in [1.82, 2.24) is 14.5 Å². The summed E-state index contributed by atoms with van der Waals surface area (Å²) in [7, 11) is 0.549. The van der Waals surface area contributed by atoms with E-state index in [1.54, 1.807) is 25.1 Å². The van der Waals surface area contributed by atoms with Crippen molar-refractivity contribution < 1.29 is 8.42 Å². The molecule has 3 N–H and O–H groups in total. The van der Waals surface area contributed by atoms with Crippen LogP contribution in [0.3, 0.4) is 0 Å². The van der Waals surface area contributed by atoms with Gasteiger partial charge in [0.1, 0.15) is 0 Å². The van der Waals surface area contributed by atoms with Gasteiger partial charge in [-0.1, -0.05) is 6.07 Å². The van der Waals surface area contributed by atoms with Crippen LogP contribution >= 0.6 is 0 Å². The van der Waals surface area contributed by atoms with E-state index in [2.05, 4.69) is 21.6 Å². The number of piperazine rings is 1. The predicted octanol–water partition coefficient (Wildman–Crippen LogP) is 0.101. The van der Waals surface area contributed by atoms with E-state index in [-0.39, 0.29) is 10.9 Å². The summed E-state index contributed by atoms with van der Waals surface area (Å²) in [5.74, 6) is 0. The summed E-state index contributed by atoms with van der Waals surface area (Å²) < 4.78 is 27.6. The van der Waals surface area contributed by atoms with Crippen LogP contribution in [-0.2, 0) is 10.0 Å². The Morgan fingerprint density at radius 1 is 1.33 bits per heavy atom. The summed E-state index contributed by atoms with van der Waals surface area (Å²) in [5, 5.41) is 0. The Bertz CT molecular complexity index is 603. The Morgan fingerprint density at radius 3 is 2.76 bits per heavy atom. The molecule has 0 radical (unpaired) electrons. The van der Waals surface area contributed by atoms with Crippen LogP contribution in [0.4, 0.5) is 5.69 Å². The average molecular weight is 312 g/mol. The second-order valence-corrected chi connectivity index (χ2v) is 7.45. The standard InChI is InChI=1S/C14H24N4O2S/c1-11-13(15)5-4-6-14(11)21(19,20)16-9-12-10-17(2)7-8-18(12)3/h4-6,12,16H,7-10,15H2,1-3H3. The molecule has 1 aliphatic heterocycles. The highest BCUT2D eigenvalue weighted by Crippen LogP contribution is 2.20. The van der Waals surface area contributed by atoms with E-state index in [1.165, 1.54) is 0 Å². The first kappa shape index (κ1) is 16.2. The number of nitrogens with two attached hydrogens (primary N) is 1. The molecule has 7 heteroatoms. The molecule has 0 amide bonds. The zero-order valence-electron chi connectivity index (χ0n) is 12.8. The summed E-state index contributed by atoms with van der Waals surface area (Å²) in [6.07, 6.45) is 0. The van der Waals surface area contributed by atoms with Gasteiger partial charge in [-0.2, -0.15) is 0 Å². The first-order valence-corrected chi connectivity index (χ1v) is 8.53. The number of nitrogens with one attached hydrogen (secondary N) is 1. The van der Waals surface area contributed by atoms with Gasteiger partial charge < -0.3 is 10.6 Å². The highest BCUT2D eigenvalue weighted by Gasteiger charge is 2.25. The van der Waals surface area contributed by atoms with E-state index in [9.17, 15) is 8.42 Å². The quantitative estimate of drug-likeness (QED) is 0.771. The number of rotatable bonds is 4. The van der Waals surface area contributed by atoms with Gasteiger partial charge in [0.25, 0.3) is 0 Å². The lowest BCUT2D eigenvalue weighted by Gasteiger charge is -2.37. The zero-order valence-corrected chi connectivity index (χ0v) is 13.7. The van der Waals surface area contributed by atoms with Crippen molar-refractivity contribution >= 4 is 15.7 Å². The summed E-state index contributed by atoms with van der Waals surface area (Å²) in [4.78, 5) is 4.66. The van der Waals surface area contributed by atoms with Crippen molar-refractivity contribution in [2.45, 2.75) is 17.9 Å². The lowest BCUT2D eigenvalue weighted by molar-refractivity contribution is 0.117. The van der Waals surface area contributed by atoms with Gasteiger partial charge in [-0.25, -0.2) is 13.1 Å². The third-order valence-electron chi connectivity index (χ3n) is 4.10. The summed E-state index contributed by atoms with van der Waals surface area (Å²) in [6, 6.07) is 5.14. The molecule has 6 nitrogen and oxygen atoms in total. The number of nitrogens with zero attached hydrogens (tertiary/aromatic N) is 2. The zero-order chi connectivity index (χ0) is 15.6. The lowest BCUT2D eigenvalue weighted by Crippen LogP contribution is -2.54. The molecule has 0 aliphatic carbocycles. The molecule has 1 aromatic rings. The number of anilines is 1. The van der Waals surface area contributed by atoms with Crippen molar-refractivity contribution in [3.63, 3.8) is 0 Å². The first-order chi connectivity index (χ1) is 9.81. The second kappa shape index (κ2) is 6.31. The largest absolute Gasteiger partial charge is 0.398 e. The fraction of sp³-hybridized carbons (Fsp3) is 0.571. The smallest absolute Gasteiger partial charge is 0.240 e. The van der Waals surface area contributed by atoms with Crippen molar-refractivity contribution in [1.29, 1.82) is 0 Å². The Kier molecular flexibility index (Phi) is 4.88. The van der Waals surface area contributed by atoms with E-state index in [1.807, 2.05) is 7.05 Å². The van der Waals surface area contributed by atoms with Crippen molar-refractivity contribution in [2.24, 2.45) is 0 Å². The maximum absolute atomic E-state index is 12.4. The van der Waals surface area contributed by atoms with Crippen LogP contribution in [0.2, 0.25) is 0 Å². The molecular weight excluding hydrogens is 288 g/mol. The van der Waals surface area contributed by atoms with E-state index >= 15 is 0 Å². The Balaban J connectivity index is 2.09. The molecule has 21 heavy (non-hydrogen) atoms. The molecule has 1 saturated heterocycles. The molecule has 0 aromatic heterocycles. The Labute approximate surface area is 127 Å². The maximum Gasteiger partial charge on any atom is 0.240 e. The van der Waals surface area contributed by atoms with Gasteiger partial charge in [0.15, 0.2) is 0 Å². The third-order valence-corrected chi connectivity index (χ3v) is 5.67. The SMILES string of the molecule is Cc1c(N)cccc1S(=O)(=O)NCC1CN(C)CCN1C. The maximum atomic E-state index is 12.4. The molecule has 1 unspecified atom stereocenters. The minimum Gasteiger partial charge on any atom is -0.398 e. The van der Waals surface area contributed by atoms with E-state index in [0.29, 0.717) is 17.8 Å². The highest BCUT2D eigenvalue weighted by molar-refractivity contribution is 7.89. The molecule has 1 aliphatic rings. The van der Waals surface area contributed by atoms with E-state index in [4.69, 9.17) is 5.73 Å². The summed E-state index contributed by atoms with van der Waals surface area (Å²) in [6.45, 7) is 4.94. The number of hydrogen-bond donors (Lipinski definition) is 2. The van der Waals surface area contributed by atoms with Gasteiger partial charge in [0.2, 0.25) is 10.0 Å². The van der Waals surface area contributed by atoms with Crippen LogP contribution in [0.5, 0.6) is 0 Å². The molecule has 1 heterocycles.